The molecule has 348 valence electrons. The highest BCUT2D eigenvalue weighted by Gasteiger charge is 2.26. The lowest BCUT2D eigenvalue weighted by Crippen LogP contribution is -2.51. The normalized spacial score (nSPS) is 12.9. The number of unbranched alkanes of at least 4 members (excludes halogenated alkanes) is 2. The number of rotatable bonds is 25. The number of aliphatic carboxylic acids is 1. The van der Waals surface area contributed by atoms with Crippen molar-refractivity contribution in [2.75, 3.05) is 58.9 Å². The molecular formula is C40H76N8O12. The van der Waals surface area contributed by atoms with Crippen LogP contribution in [0.5, 0.6) is 0 Å². The molecule has 0 heterocycles. The Bertz CT molecular complexity index is 1260. The second-order valence-electron chi connectivity index (χ2n) is 18.2. The molecule has 0 aromatic rings. The largest absolute Gasteiger partial charge is 0.480 e. The van der Waals surface area contributed by atoms with Crippen molar-refractivity contribution < 1.29 is 57.6 Å². The van der Waals surface area contributed by atoms with E-state index >= 15 is 0 Å². The highest BCUT2D eigenvalue weighted by atomic mass is 16.6. The number of nitrogens with one attached hydrogen (secondary N) is 7. The van der Waals surface area contributed by atoms with Crippen molar-refractivity contribution in [2.45, 2.75) is 156 Å². The molecular weight excluding hydrogens is 784 g/mol. The van der Waals surface area contributed by atoms with Crippen molar-refractivity contribution >= 4 is 42.2 Å². The summed E-state index contributed by atoms with van der Waals surface area (Å²) in [4.78, 5) is 88.9. The molecule has 0 radical (unpaired) electrons. The average Bonchev–Trinajstić information content (AvgIpc) is 3.05. The Morgan fingerprint density at radius 2 is 0.800 bits per heavy atom. The van der Waals surface area contributed by atoms with E-state index in [0.29, 0.717) is 65.0 Å². The lowest BCUT2D eigenvalue weighted by Gasteiger charge is -2.26. The Morgan fingerprint density at radius 1 is 0.467 bits per heavy atom. The molecule has 0 spiro atoms. The van der Waals surface area contributed by atoms with Crippen LogP contribution in [-0.2, 0) is 33.3 Å². The fourth-order valence-electron chi connectivity index (χ4n) is 5.08. The molecule has 2 atom stereocenters. The summed E-state index contributed by atoms with van der Waals surface area (Å²) in [5, 5.41) is 28.2. The number of carbonyl (C=O) groups is 7. The van der Waals surface area contributed by atoms with E-state index in [1.165, 1.54) is 0 Å². The highest BCUT2D eigenvalue weighted by Crippen LogP contribution is 2.11. The molecule has 20 heteroatoms. The number of carboxylic acid groups (broad SMARTS) is 1. The molecule has 0 aromatic heterocycles. The van der Waals surface area contributed by atoms with Crippen LogP contribution < -0.4 is 37.2 Å². The van der Waals surface area contributed by atoms with Crippen LogP contribution in [0.15, 0.2) is 0 Å². The first-order valence-corrected chi connectivity index (χ1v) is 20.7. The number of hydrogen-bond acceptors (Lipinski definition) is 13. The number of nitrogens with zero attached hydrogens (tertiary/aromatic N) is 1. The average molecular weight is 861 g/mol. The van der Waals surface area contributed by atoms with E-state index in [0.717, 1.165) is 0 Å². The molecule has 20 nitrogen and oxygen atoms in total. The van der Waals surface area contributed by atoms with E-state index in [-0.39, 0.29) is 32.5 Å². The third-order valence-electron chi connectivity index (χ3n) is 7.53. The van der Waals surface area contributed by atoms with Gasteiger partial charge in [0, 0.05) is 52.4 Å². The Balaban J connectivity index is 5.52. The summed E-state index contributed by atoms with van der Waals surface area (Å²) >= 11 is 0. The van der Waals surface area contributed by atoms with E-state index in [4.69, 9.17) is 24.1 Å². The van der Waals surface area contributed by atoms with Gasteiger partial charge in [-0.15, -0.1) is 0 Å². The van der Waals surface area contributed by atoms with Gasteiger partial charge < -0.3 is 61.3 Å². The molecule has 0 aromatic carbocycles. The van der Waals surface area contributed by atoms with Gasteiger partial charge in [-0.3, -0.25) is 19.3 Å². The third-order valence-corrected chi connectivity index (χ3v) is 7.53. The topological polar surface area (TPSA) is 264 Å². The summed E-state index contributed by atoms with van der Waals surface area (Å²) in [5.41, 5.74) is -2.87. The Kier molecular flexibility index (Phi) is 25.2. The number of carbonyl (C=O) groups excluding carboxylic acids is 6. The summed E-state index contributed by atoms with van der Waals surface area (Å²) in [5.74, 6) is -1.92. The predicted octanol–water partition coefficient (Wildman–Crippen LogP) is 3.37. The van der Waals surface area contributed by atoms with Crippen LogP contribution >= 0.6 is 0 Å². The molecule has 0 aliphatic carbocycles. The van der Waals surface area contributed by atoms with Gasteiger partial charge in [0.2, 0.25) is 11.8 Å². The molecule has 0 saturated carbocycles. The third kappa shape index (κ3) is 33.3. The van der Waals surface area contributed by atoms with Crippen LogP contribution in [0.4, 0.5) is 19.2 Å². The summed E-state index contributed by atoms with van der Waals surface area (Å²) < 4.78 is 21.2. The van der Waals surface area contributed by atoms with Gasteiger partial charge in [-0.05, 0) is 122 Å². The van der Waals surface area contributed by atoms with Crippen LogP contribution in [0, 0.1) is 0 Å². The monoisotopic (exact) mass is 861 g/mol. The molecule has 0 fully saturated rings. The van der Waals surface area contributed by atoms with Crippen LogP contribution in [0.1, 0.15) is 122 Å². The first-order valence-electron chi connectivity index (χ1n) is 20.7. The molecule has 2 unspecified atom stereocenters. The lowest BCUT2D eigenvalue weighted by atomic mass is 10.1. The van der Waals surface area contributed by atoms with E-state index in [9.17, 15) is 33.6 Å². The minimum Gasteiger partial charge on any atom is -0.480 e. The van der Waals surface area contributed by atoms with Gasteiger partial charge in [0.05, 0.1) is 6.54 Å². The molecule has 6 amide bonds. The smallest absolute Gasteiger partial charge is 0.408 e. The fourth-order valence-corrected chi connectivity index (χ4v) is 5.08. The van der Waals surface area contributed by atoms with Crippen LogP contribution in [0.3, 0.4) is 0 Å². The van der Waals surface area contributed by atoms with Crippen LogP contribution in [-0.4, -0.2) is 146 Å². The van der Waals surface area contributed by atoms with Gasteiger partial charge in [-0.2, -0.15) is 0 Å². The number of hydrogen-bond donors (Lipinski definition) is 8. The summed E-state index contributed by atoms with van der Waals surface area (Å²) in [6.07, 6.45) is -0.0997. The highest BCUT2D eigenvalue weighted by molar-refractivity contribution is 5.86. The minimum absolute atomic E-state index is 0.151. The summed E-state index contributed by atoms with van der Waals surface area (Å²) in [7, 11) is 0. The van der Waals surface area contributed by atoms with E-state index in [1.54, 1.807) is 83.1 Å². The molecule has 0 aliphatic rings. The zero-order valence-corrected chi connectivity index (χ0v) is 38.1. The first kappa shape index (κ1) is 55.4. The lowest BCUT2D eigenvalue weighted by molar-refractivity contribution is -0.136. The Morgan fingerprint density at radius 3 is 1.13 bits per heavy atom. The second kappa shape index (κ2) is 27.3. The summed E-state index contributed by atoms with van der Waals surface area (Å²) in [6.45, 7) is 22.8. The molecule has 60 heavy (non-hydrogen) atoms. The van der Waals surface area contributed by atoms with E-state index < -0.39 is 76.6 Å². The number of amides is 6. The van der Waals surface area contributed by atoms with Gasteiger partial charge in [-0.25, -0.2) is 19.2 Å². The van der Waals surface area contributed by atoms with Crippen LogP contribution in [0.25, 0.3) is 0 Å². The maximum atomic E-state index is 13.4. The maximum absolute atomic E-state index is 13.4. The first-order chi connectivity index (χ1) is 27.5. The second-order valence-corrected chi connectivity index (χ2v) is 18.2. The van der Waals surface area contributed by atoms with Crippen molar-refractivity contribution in [1.29, 1.82) is 0 Å². The van der Waals surface area contributed by atoms with Gasteiger partial charge >= 0.3 is 30.3 Å². The van der Waals surface area contributed by atoms with Crippen molar-refractivity contribution in [1.82, 2.24) is 42.1 Å². The zero-order valence-electron chi connectivity index (χ0n) is 38.1. The molecule has 0 rings (SSSR count). The molecule has 0 saturated heterocycles. The number of ether oxygens (including phenoxy) is 4. The minimum atomic E-state index is -1.02. The van der Waals surface area contributed by atoms with Crippen molar-refractivity contribution in [2.24, 2.45) is 0 Å². The number of alkyl carbamates (subject to hydrolysis) is 4. The van der Waals surface area contributed by atoms with Crippen molar-refractivity contribution in [3.05, 3.63) is 0 Å². The van der Waals surface area contributed by atoms with Crippen LogP contribution in [0.2, 0.25) is 0 Å². The molecule has 0 bridgehead atoms. The van der Waals surface area contributed by atoms with Gasteiger partial charge in [0.25, 0.3) is 0 Å². The SMILES string of the molecule is CC(C)(C)OC(=O)NCCCCC(NC(=O)OC(C)(C)C)C(=O)NCCN(CCNCC(=O)O)CCNC(=O)C(CCCCNC(=O)OC(C)(C)C)NC(=O)OC(C)(C)C. The van der Waals surface area contributed by atoms with Gasteiger partial charge in [0.15, 0.2) is 0 Å². The van der Waals surface area contributed by atoms with Crippen molar-refractivity contribution in [3.63, 3.8) is 0 Å². The van der Waals surface area contributed by atoms with E-state index in [2.05, 4.69) is 37.2 Å². The quantitative estimate of drug-likeness (QED) is 0.0484. The fraction of sp³-hybridized carbons (Fsp3) is 0.825. The zero-order chi connectivity index (χ0) is 46.2. The van der Waals surface area contributed by atoms with E-state index in [1.807, 2.05) is 4.90 Å². The summed E-state index contributed by atoms with van der Waals surface area (Å²) in [6, 6.07) is -1.87. The predicted molar refractivity (Wildman–Crippen MR) is 225 cm³/mol. The number of carboxylic acids is 1. The van der Waals surface area contributed by atoms with Gasteiger partial charge in [0.1, 0.15) is 34.5 Å². The van der Waals surface area contributed by atoms with Gasteiger partial charge in [-0.1, -0.05) is 0 Å². The van der Waals surface area contributed by atoms with Crippen molar-refractivity contribution in [3.8, 4) is 0 Å². The Labute approximate surface area is 356 Å². The standard InChI is InChI=1S/C40H76N8O12/c1-37(2,3)57-33(53)44-19-15-13-17-28(46-35(55)59-39(7,8)9)31(51)42-22-25-48(24-21-41-27-30(49)50)26-23-43-32(52)29(47-36(56)60-40(10,11)12)18-14-16-20-45-34(54)58-38(4,5)6/h28-29,41H,13-27H2,1-12H3,(H,42,51)(H,43,52)(H,44,53)(H,45,54)(H,46,55)(H,47,56)(H,49,50). The molecule has 8 N–H and O–H groups in total. The molecule has 0 aliphatic heterocycles. The Hall–Kier alpha value is -4.59. The maximum Gasteiger partial charge on any atom is 0.408 e.